The zero-order valence-corrected chi connectivity index (χ0v) is 17.9. The van der Waals surface area contributed by atoms with Gasteiger partial charge in [0.1, 0.15) is 5.75 Å². The average molecular weight is 418 g/mol. The Hall–Kier alpha value is -3.05. The summed E-state index contributed by atoms with van der Waals surface area (Å²) in [5.74, 6) is 0.462. The lowest BCUT2D eigenvalue weighted by atomic mass is 10.0. The van der Waals surface area contributed by atoms with Gasteiger partial charge in [0, 0.05) is 5.56 Å². The molecule has 1 aliphatic heterocycles. The number of ether oxygens (including phenoxy) is 1. The summed E-state index contributed by atoms with van der Waals surface area (Å²) < 4.78 is 5.94. The van der Waals surface area contributed by atoms with E-state index in [2.05, 4.69) is 6.92 Å². The second-order valence-electron chi connectivity index (χ2n) is 7.24. The minimum atomic E-state index is -0.261. The van der Waals surface area contributed by atoms with E-state index < -0.39 is 0 Å². The van der Waals surface area contributed by atoms with Gasteiger partial charge >= 0.3 is 0 Å². The van der Waals surface area contributed by atoms with Gasteiger partial charge in [0.05, 0.1) is 18.1 Å². The van der Waals surface area contributed by atoms with Crippen molar-refractivity contribution in [3.05, 3.63) is 82.3 Å². The number of aryl methyl sites for hydroxylation is 1. The van der Waals surface area contributed by atoms with Crippen LogP contribution in [0.1, 0.15) is 30.0 Å². The maximum absolute atomic E-state index is 13.1. The Labute approximate surface area is 180 Å². The molecule has 0 spiro atoms. The minimum absolute atomic E-state index is 0.245. The van der Waals surface area contributed by atoms with E-state index >= 15 is 0 Å². The number of hydrogen-bond donors (Lipinski definition) is 0. The van der Waals surface area contributed by atoms with Crippen LogP contribution < -0.4 is 4.74 Å². The van der Waals surface area contributed by atoms with Gasteiger partial charge in [-0.1, -0.05) is 61.5 Å². The van der Waals surface area contributed by atoms with E-state index in [9.17, 15) is 9.59 Å². The Morgan fingerprint density at radius 1 is 1.00 bits per heavy atom. The molecule has 3 aromatic carbocycles. The van der Waals surface area contributed by atoms with E-state index in [0.717, 1.165) is 51.4 Å². The summed E-state index contributed by atoms with van der Waals surface area (Å²) in [6.07, 6.45) is 2.69. The fourth-order valence-electron chi connectivity index (χ4n) is 3.49. The third kappa shape index (κ3) is 3.98. The number of nitrogens with zero attached hydrogens (tertiary/aromatic N) is 1. The molecular formula is C25H23NO3S. The molecule has 3 aromatic rings. The van der Waals surface area contributed by atoms with Crippen LogP contribution in [0.2, 0.25) is 0 Å². The predicted molar refractivity (Wildman–Crippen MR) is 122 cm³/mol. The number of benzene rings is 3. The third-order valence-corrected chi connectivity index (χ3v) is 6.04. The second-order valence-corrected chi connectivity index (χ2v) is 8.23. The first-order chi connectivity index (χ1) is 14.6. The van der Waals surface area contributed by atoms with Crippen molar-refractivity contribution in [1.29, 1.82) is 0 Å². The van der Waals surface area contributed by atoms with Crippen molar-refractivity contribution in [3.8, 4) is 5.75 Å². The van der Waals surface area contributed by atoms with Crippen LogP contribution in [-0.2, 0) is 11.3 Å². The molecule has 4 nitrogen and oxygen atoms in total. The maximum Gasteiger partial charge on any atom is 0.293 e. The summed E-state index contributed by atoms with van der Waals surface area (Å²) in [7, 11) is 0. The highest BCUT2D eigenvalue weighted by molar-refractivity contribution is 8.18. The Bertz CT molecular complexity index is 1150. The van der Waals surface area contributed by atoms with Crippen molar-refractivity contribution < 1.29 is 14.3 Å². The van der Waals surface area contributed by atoms with Gasteiger partial charge in [-0.3, -0.25) is 14.5 Å². The van der Waals surface area contributed by atoms with Crippen molar-refractivity contribution in [2.45, 2.75) is 26.8 Å². The summed E-state index contributed by atoms with van der Waals surface area (Å²) in [6.45, 7) is 4.91. The number of carbonyl (C=O) groups is 2. The van der Waals surface area contributed by atoms with E-state index in [-0.39, 0.29) is 17.7 Å². The van der Waals surface area contributed by atoms with Crippen LogP contribution in [0.5, 0.6) is 5.75 Å². The fraction of sp³-hybridized carbons (Fsp3) is 0.200. The molecule has 1 fully saturated rings. The molecule has 152 valence electrons. The number of imide groups is 1. The van der Waals surface area contributed by atoms with Crippen LogP contribution in [0.4, 0.5) is 4.79 Å². The van der Waals surface area contributed by atoms with Crippen LogP contribution >= 0.6 is 11.8 Å². The minimum Gasteiger partial charge on any atom is -0.493 e. The van der Waals surface area contributed by atoms with Crippen LogP contribution in [0, 0.1) is 6.92 Å². The standard InChI is InChI=1S/C25H23NO3S/c1-3-14-29-22-13-12-18-9-6-7-11-20(18)21(22)15-23-24(27)26(25(28)30-23)16-19-10-5-4-8-17(19)2/h4-13,15H,3,14,16H2,1-2H3/b23-15-. The first kappa shape index (κ1) is 20.2. The molecule has 1 aliphatic rings. The molecule has 2 amide bonds. The molecule has 0 radical (unpaired) electrons. The molecule has 0 aromatic heterocycles. The highest BCUT2D eigenvalue weighted by Gasteiger charge is 2.35. The summed E-state index contributed by atoms with van der Waals surface area (Å²) in [5.41, 5.74) is 2.87. The average Bonchev–Trinajstić information content (AvgIpc) is 3.02. The van der Waals surface area contributed by atoms with Crippen LogP contribution in [-0.4, -0.2) is 22.7 Å². The normalized spacial score (nSPS) is 15.4. The van der Waals surface area contributed by atoms with Crippen molar-refractivity contribution in [2.75, 3.05) is 6.61 Å². The zero-order valence-electron chi connectivity index (χ0n) is 17.1. The summed E-state index contributed by atoms with van der Waals surface area (Å²) in [4.78, 5) is 27.4. The topological polar surface area (TPSA) is 46.6 Å². The van der Waals surface area contributed by atoms with Gasteiger partial charge in [-0.2, -0.15) is 0 Å². The van der Waals surface area contributed by atoms with Crippen LogP contribution in [0.25, 0.3) is 16.8 Å². The number of thioether (sulfide) groups is 1. The summed E-state index contributed by atoms with van der Waals surface area (Å²) in [6, 6.07) is 19.7. The van der Waals surface area contributed by atoms with Crippen LogP contribution in [0.15, 0.2) is 65.6 Å². The lowest BCUT2D eigenvalue weighted by Crippen LogP contribution is -2.27. The maximum atomic E-state index is 13.1. The molecule has 0 bridgehead atoms. The number of fused-ring (bicyclic) bond motifs is 1. The summed E-state index contributed by atoms with van der Waals surface area (Å²) in [5, 5.41) is 1.81. The van der Waals surface area contributed by atoms with Crippen molar-refractivity contribution in [1.82, 2.24) is 4.90 Å². The Balaban J connectivity index is 1.71. The number of rotatable bonds is 6. The monoisotopic (exact) mass is 417 g/mol. The zero-order chi connectivity index (χ0) is 21.1. The molecule has 30 heavy (non-hydrogen) atoms. The van der Waals surface area contributed by atoms with Gasteiger partial charge < -0.3 is 4.74 Å². The predicted octanol–water partition coefficient (Wildman–Crippen LogP) is 6.17. The lowest BCUT2D eigenvalue weighted by Gasteiger charge is -2.14. The van der Waals surface area contributed by atoms with E-state index in [1.165, 1.54) is 4.90 Å². The first-order valence-electron chi connectivity index (χ1n) is 10.0. The number of hydrogen-bond acceptors (Lipinski definition) is 4. The van der Waals surface area contributed by atoms with Crippen molar-refractivity contribution in [2.24, 2.45) is 0 Å². The van der Waals surface area contributed by atoms with Gasteiger partial charge in [-0.05, 0) is 59.1 Å². The van der Waals surface area contributed by atoms with Gasteiger partial charge in [-0.15, -0.1) is 0 Å². The van der Waals surface area contributed by atoms with E-state index in [0.29, 0.717) is 11.5 Å². The first-order valence-corrected chi connectivity index (χ1v) is 10.8. The largest absolute Gasteiger partial charge is 0.493 e. The molecule has 0 aliphatic carbocycles. The molecule has 0 unspecified atom stereocenters. The van der Waals surface area contributed by atoms with E-state index in [1.807, 2.05) is 67.6 Å². The highest BCUT2D eigenvalue weighted by Crippen LogP contribution is 2.37. The number of amides is 2. The molecular weight excluding hydrogens is 394 g/mol. The molecule has 0 atom stereocenters. The summed E-state index contributed by atoms with van der Waals surface area (Å²) >= 11 is 0.986. The Morgan fingerprint density at radius 3 is 2.57 bits per heavy atom. The molecule has 1 heterocycles. The van der Waals surface area contributed by atoms with Gasteiger partial charge in [0.25, 0.3) is 11.1 Å². The molecule has 5 heteroatoms. The molecule has 1 saturated heterocycles. The smallest absolute Gasteiger partial charge is 0.293 e. The highest BCUT2D eigenvalue weighted by atomic mass is 32.2. The fourth-order valence-corrected chi connectivity index (χ4v) is 4.31. The van der Waals surface area contributed by atoms with Crippen molar-refractivity contribution in [3.63, 3.8) is 0 Å². The van der Waals surface area contributed by atoms with Crippen molar-refractivity contribution >= 4 is 39.8 Å². The SMILES string of the molecule is CCCOc1ccc2ccccc2c1/C=C1\SC(=O)N(Cc2ccccc2C)C1=O. The van der Waals surface area contributed by atoms with Crippen LogP contribution in [0.3, 0.4) is 0 Å². The van der Waals surface area contributed by atoms with Gasteiger partial charge in [0.2, 0.25) is 0 Å². The quantitative estimate of drug-likeness (QED) is 0.450. The van der Waals surface area contributed by atoms with Gasteiger partial charge in [0.15, 0.2) is 0 Å². The van der Waals surface area contributed by atoms with E-state index in [1.54, 1.807) is 6.08 Å². The lowest BCUT2D eigenvalue weighted by molar-refractivity contribution is -0.123. The third-order valence-electron chi connectivity index (χ3n) is 5.13. The van der Waals surface area contributed by atoms with E-state index in [4.69, 9.17) is 4.74 Å². The molecule has 4 rings (SSSR count). The second kappa shape index (κ2) is 8.76. The Morgan fingerprint density at radius 2 is 1.77 bits per heavy atom. The molecule has 0 saturated carbocycles. The van der Waals surface area contributed by atoms with Gasteiger partial charge in [-0.25, -0.2) is 0 Å². The molecule has 0 N–H and O–H groups in total. The Kier molecular flexibility index (Phi) is 5.91. The number of carbonyl (C=O) groups excluding carboxylic acids is 2.